The number of carbonyl (C=O) groups is 2. The lowest BCUT2D eigenvalue weighted by Crippen LogP contribution is -2.54. The molecule has 0 radical (unpaired) electrons. The first kappa shape index (κ1) is 21.6. The number of nitrogens with zero attached hydrogens (tertiary/aromatic N) is 3. The summed E-state index contributed by atoms with van der Waals surface area (Å²) in [5.74, 6) is -0.0191. The summed E-state index contributed by atoms with van der Waals surface area (Å²) in [5, 5.41) is 11.1. The van der Waals surface area contributed by atoms with Gasteiger partial charge in [-0.3, -0.25) is 9.69 Å². The summed E-state index contributed by atoms with van der Waals surface area (Å²) in [6.45, 7) is 3.32. The highest BCUT2D eigenvalue weighted by Crippen LogP contribution is 2.20. The summed E-state index contributed by atoms with van der Waals surface area (Å²) in [6, 6.07) is 16.3. The fourth-order valence-corrected chi connectivity index (χ4v) is 4.25. The fourth-order valence-electron chi connectivity index (χ4n) is 4.12. The standard InChI is InChI=1S/C23H26ClN3O4/c24-19-8-6-18(7-9-19)22(29)26-12-10-25(11-13-26)20-14-27(15-21(20)28)23(30)31-16-17-4-2-1-3-5-17/h1-9,20-21,28H,10-16H2/t20-,21-/m1/s1. The van der Waals surface area contributed by atoms with Crippen molar-refractivity contribution in [2.45, 2.75) is 18.8 Å². The molecule has 31 heavy (non-hydrogen) atoms. The van der Waals surface area contributed by atoms with Crippen LogP contribution in [0.5, 0.6) is 0 Å². The maximum Gasteiger partial charge on any atom is 0.410 e. The van der Waals surface area contributed by atoms with E-state index in [0.29, 0.717) is 43.3 Å². The Morgan fingerprint density at radius 3 is 2.29 bits per heavy atom. The molecule has 2 atom stereocenters. The van der Waals surface area contributed by atoms with Gasteiger partial charge in [-0.15, -0.1) is 0 Å². The van der Waals surface area contributed by atoms with Gasteiger partial charge in [-0.05, 0) is 29.8 Å². The van der Waals surface area contributed by atoms with Gasteiger partial charge in [-0.25, -0.2) is 4.79 Å². The van der Waals surface area contributed by atoms with E-state index in [9.17, 15) is 14.7 Å². The minimum atomic E-state index is -0.636. The molecule has 2 aromatic rings. The minimum absolute atomic E-state index is 0.0191. The van der Waals surface area contributed by atoms with Crippen molar-refractivity contribution in [1.29, 1.82) is 0 Å². The zero-order valence-electron chi connectivity index (χ0n) is 17.2. The average molecular weight is 444 g/mol. The summed E-state index contributed by atoms with van der Waals surface area (Å²) >= 11 is 5.90. The number of β-amino-alcohol motifs (C(OH)–C–C–N with tert-alkyl or cyclic N) is 1. The third-order valence-electron chi connectivity index (χ3n) is 5.88. The zero-order valence-corrected chi connectivity index (χ0v) is 17.9. The number of carbonyl (C=O) groups excluding carboxylic acids is 2. The number of hydrogen-bond donors (Lipinski definition) is 1. The molecule has 0 bridgehead atoms. The van der Waals surface area contributed by atoms with Gasteiger partial charge in [0.15, 0.2) is 0 Å². The molecule has 2 aromatic carbocycles. The van der Waals surface area contributed by atoms with Crippen LogP contribution in [-0.2, 0) is 11.3 Å². The molecule has 2 saturated heterocycles. The third kappa shape index (κ3) is 5.18. The number of hydrogen-bond acceptors (Lipinski definition) is 5. The van der Waals surface area contributed by atoms with Crippen molar-refractivity contribution in [3.63, 3.8) is 0 Å². The Kier molecular flexibility index (Phi) is 6.75. The van der Waals surface area contributed by atoms with Crippen LogP contribution in [0.15, 0.2) is 54.6 Å². The SMILES string of the molecule is O=C(OCc1ccccc1)N1C[C@@H](O)[C@H](N2CCN(C(=O)c3ccc(Cl)cc3)CC2)C1. The third-order valence-corrected chi connectivity index (χ3v) is 6.14. The first-order chi connectivity index (χ1) is 15.0. The Morgan fingerprint density at radius 2 is 1.61 bits per heavy atom. The van der Waals surface area contributed by atoms with Gasteiger partial charge >= 0.3 is 6.09 Å². The zero-order chi connectivity index (χ0) is 21.8. The average Bonchev–Trinajstić information content (AvgIpc) is 3.20. The van der Waals surface area contributed by atoms with E-state index in [4.69, 9.17) is 16.3 Å². The van der Waals surface area contributed by atoms with Gasteiger partial charge in [-0.1, -0.05) is 41.9 Å². The van der Waals surface area contributed by atoms with E-state index >= 15 is 0 Å². The van der Waals surface area contributed by atoms with Crippen LogP contribution >= 0.6 is 11.6 Å². The first-order valence-corrected chi connectivity index (χ1v) is 10.8. The highest BCUT2D eigenvalue weighted by Gasteiger charge is 2.39. The van der Waals surface area contributed by atoms with Gasteiger partial charge in [0.2, 0.25) is 0 Å². The summed E-state index contributed by atoms with van der Waals surface area (Å²) in [7, 11) is 0. The monoisotopic (exact) mass is 443 g/mol. The molecule has 164 valence electrons. The largest absolute Gasteiger partial charge is 0.445 e. The molecule has 8 heteroatoms. The number of piperazine rings is 1. The maximum absolute atomic E-state index is 12.7. The summed E-state index contributed by atoms with van der Waals surface area (Å²) in [4.78, 5) is 30.6. The second-order valence-electron chi connectivity index (χ2n) is 7.91. The number of aliphatic hydroxyl groups excluding tert-OH is 1. The molecule has 2 heterocycles. The van der Waals surface area contributed by atoms with Crippen LogP contribution in [0.3, 0.4) is 0 Å². The number of benzene rings is 2. The molecule has 0 aromatic heterocycles. The molecular weight excluding hydrogens is 418 g/mol. The Morgan fingerprint density at radius 1 is 0.935 bits per heavy atom. The topological polar surface area (TPSA) is 73.3 Å². The molecule has 0 aliphatic carbocycles. The predicted octanol–water partition coefficient (Wildman–Crippen LogP) is 2.48. The van der Waals surface area contributed by atoms with Crippen molar-refractivity contribution < 1.29 is 19.4 Å². The van der Waals surface area contributed by atoms with E-state index in [2.05, 4.69) is 4.90 Å². The van der Waals surface area contributed by atoms with Crippen LogP contribution < -0.4 is 0 Å². The molecule has 2 aliphatic rings. The first-order valence-electron chi connectivity index (χ1n) is 10.4. The Hall–Kier alpha value is -2.61. The van der Waals surface area contributed by atoms with Crippen LogP contribution in [-0.4, -0.2) is 83.2 Å². The molecule has 7 nitrogen and oxygen atoms in total. The van der Waals surface area contributed by atoms with E-state index < -0.39 is 12.2 Å². The molecule has 4 rings (SSSR count). The number of halogens is 1. The number of likely N-dealkylation sites (tertiary alicyclic amines) is 1. The highest BCUT2D eigenvalue weighted by atomic mass is 35.5. The molecule has 2 amide bonds. The fraction of sp³-hybridized carbons (Fsp3) is 0.391. The molecule has 0 saturated carbocycles. The molecular formula is C23H26ClN3O4. The van der Waals surface area contributed by atoms with E-state index in [-0.39, 0.29) is 25.1 Å². The van der Waals surface area contributed by atoms with E-state index in [0.717, 1.165) is 5.56 Å². The van der Waals surface area contributed by atoms with Gasteiger partial charge < -0.3 is 19.6 Å². The predicted molar refractivity (Wildman–Crippen MR) is 117 cm³/mol. The van der Waals surface area contributed by atoms with Gasteiger partial charge in [0.25, 0.3) is 5.91 Å². The summed E-state index contributed by atoms with van der Waals surface area (Å²) in [6.07, 6.45) is -1.05. The smallest absolute Gasteiger partial charge is 0.410 e. The van der Waals surface area contributed by atoms with E-state index in [1.165, 1.54) is 0 Å². The van der Waals surface area contributed by atoms with Gasteiger partial charge in [0, 0.05) is 43.3 Å². The van der Waals surface area contributed by atoms with Gasteiger partial charge in [-0.2, -0.15) is 0 Å². The highest BCUT2D eigenvalue weighted by molar-refractivity contribution is 6.30. The minimum Gasteiger partial charge on any atom is -0.445 e. The lowest BCUT2D eigenvalue weighted by atomic mass is 10.1. The Balaban J connectivity index is 1.27. The lowest BCUT2D eigenvalue weighted by molar-refractivity contribution is 0.0376. The van der Waals surface area contributed by atoms with Crippen molar-refractivity contribution in [3.8, 4) is 0 Å². The lowest BCUT2D eigenvalue weighted by Gasteiger charge is -2.38. The van der Waals surface area contributed by atoms with Crippen LogP contribution in [0.25, 0.3) is 0 Å². The summed E-state index contributed by atoms with van der Waals surface area (Å²) in [5.41, 5.74) is 1.54. The van der Waals surface area contributed by atoms with Gasteiger partial charge in [0.05, 0.1) is 18.7 Å². The van der Waals surface area contributed by atoms with Crippen LogP contribution in [0, 0.1) is 0 Å². The second kappa shape index (κ2) is 9.68. The van der Waals surface area contributed by atoms with Crippen molar-refractivity contribution >= 4 is 23.6 Å². The number of rotatable bonds is 4. The molecule has 2 fully saturated rings. The molecule has 0 unspecified atom stereocenters. The molecule has 0 spiro atoms. The van der Waals surface area contributed by atoms with Crippen molar-refractivity contribution in [1.82, 2.24) is 14.7 Å². The van der Waals surface area contributed by atoms with Crippen LogP contribution in [0.4, 0.5) is 4.79 Å². The molecule has 2 aliphatic heterocycles. The van der Waals surface area contributed by atoms with Crippen LogP contribution in [0.1, 0.15) is 15.9 Å². The van der Waals surface area contributed by atoms with Crippen LogP contribution in [0.2, 0.25) is 5.02 Å². The quantitative estimate of drug-likeness (QED) is 0.785. The Bertz CT molecular complexity index is 901. The molecule has 1 N–H and O–H groups in total. The maximum atomic E-state index is 12.7. The number of amides is 2. The van der Waals surface area contributed by atoms with E-state index in [1.54, 1.807) is 29.2 Å². The number of ether oxygens (including phenoxy) is 1. The van der Waals surface area contributed by atoms with E-state index in [1.807, 2.05) is 35.2 Å². The van der Waals surface area contributed by atoms with Crippen molar-refractivity contribution in [3.05, 3.63) is 70.7 Å². The second-order valence-corrected chi connectivity index (χ2v) is 8.35. The van der Waals surface area contributed by atoms with Gasteiger partial charge in [0.1, 0.15) is 6.61 Å². The van der Waals surface area contributed by atoms with Crippen molar-refractivity contribution in [2.24, 2.45) is 0 Å². The normalized spacial score (nSPS) is 21.9. The summed E-state index contributed by atoms with van der Waals surface area (Å²) < 4.78 is 5.40. The Labute approximate surface area is 186 Å². The number of aliphatic hydroxyl groups is 1. The van der Waals surface area contributed by atoms with Crippen molar-refractivity contribution in [2.75, 3.05) is 39.3 Å².